The highest BCUT2D eigenvalue weighted by molar-refractivity contribution is 6.60. The number of pyridine rings is 1. The van der Waals surface area contributed by atoms with Crippen LogP contribution in [0.2, 0.25) is 0 Å². The summed E-state index contributed by atoms with van der Waals surface area (Å²) >= 11 is 0. The van der Waals surface area contributed by atoms with E-state index in [1.165, 1.54) is 12.1 Å². The Morgan fingerprint density at radius 3 is 2.00 bits per heavy atom. The zero-order valence-electron chi connectivity index (χ0n) is 13.3. The first kappa shape index (κ1) is 18.3. The first-order chi connectivity index (χ1) is 12.2. The second kappa shape index (κ2) is 9.27. The van der Waals surface area contributed by atoms with Crippen LogP contribution in [0.5, 0.6) is 0 Å². The van der Waals surface area contributed by atoms with Crippen LogP contribution in [-0.2, 0) is 0 Å². The fourth-order valence-electron chi connectivity index (χ4n) is 2.24. The third kappa shape index (κ3) is 4.94. The summed E-state index contributed by atoms with van der Waals surface area (Å²) < 4.78 is 0. The van der Waals surface area contributed by atoms with Gasteiger partial charge in [0.05, 0.1) is 0 Å². The van der Waals surface area contributed by atoms with Crippen LogP contribution in [0.4, 0.5) is 0 Å². The predicted octanol–water partition coefficient (Wildman–Crippen LogP) is 1.74. The van der Waals surface area contributed by atoms with Crippen LogP contribution >= 0.6 is 0 Å². The predicted molar refractivity (Wildman–Crippen MR) is 96.7 cm³/mol. The Hall–Kier alpha value is -3.09. The van der Waals surface area contributed by atoms with Crippen LogP contribution < -0.4 is 5.46 Å². The highest BCUT2D eigenvalue weighted by Crippen LogP contribution is 2.20. The van der Waals surface area contributed by atoms with Gasteiger partial charge in [0.25, 0.3) is 0 Å². The number of nitrogens with zero attached hydrogens (tertiary/aromatic N) is 1. The fourth-order valence-corrected chi connectivity index (χ4v) is 2.24. The van der Waals surface area contributed by atoms with Gasteiger partial charge in [-0.1, -0.05) is 54.6 Å². The molecule has 124 valence electrons. The van der Waals surface area contributed by atoms with E-state index in [2.05, 4.69) is 4.98 Å². The lowest BCUT2D eigenvalue weighted by Crippen LogP contribution is -2.32. The quantitative estimate of drug-likeness (QED) is 0.561. The molecule has 0 amide bonds. The van der Waals surface area contributed by atoms with Gasteiger partial charge in [-0.15, -0.1) is 0 Å². The van der Waals surface area contributed by atoms with Crippen LogP contribution in [0, 0.1) is 0 Å². The highest BCUT2D eigenvalue weighted by Gasteiger charge is 2.13. The zero-order valence-corrected chi connectivity index (χ0v) is 13.3. The van der Waals surface area contributed by atoms with Gasteiger partial charge < -0.3 is 10.0 Å². The smallest absolute Gasteiger partial charge is 0.423 e. The first-order valence-electron chi connectivity index (χ1n) is 7.52. The maximum absolute atomic E-state index is 10.8. The molecule has 0 saturated carbocycles. The minimum Gasteiger partial charge on any atom is -0.423 e. The SMILES string of the molecule is O=Cc1ccccc1-c1cccnc1.O=Cc1ccccc1B(O)O. The summed E-state index contributed by atoms with van der Waals surface area (Å²) in [6, 6.07) is 17.6. The molecule has 2 aromatic carbocycles. The Morgan fingerprint density at radius 1 is 0.800 bits per heavy atom. The lowest BCUT2D eigenvalue weighted by atomic mass is 9.77. The summed E-state index contributed by atoms with van der Waals surface area (Å²) in [5, 5.41) is 17.5. The monoisotopic (exact) mass is 333 g/mol. The second-order valence-corrected chi connectivity index (χ2v) is 5.07. The van der Waals surface area contributed by atoms with Gasteiger partial charge in [-0.05, 0) is 17.1 Å². The molecule has 0 aliphatic rings. The molecule has 0 bridgehead atoms. The summed E-state index contributed by atoms with van der Waals surface area (Å²) in [4.78, 5) is 25.1. The molecular formula is C19H16BNO4. The van der Waals surface area contributed by atoms with Crippen LogP contribution in [0.15, 0.2) is 73.1 Å². The maximum atomic E-state index is 10.8. The van der Waals surface area contributed by atoms with Crippen molar-refractivity contribution in [3.05, 3.63) is 84.2 Å². The molecule has 6 heteroatoms. The normalized spacial score (nSPS) is 9.52. The minimum absolute atomic E-state index is 0.238. The minimum atomic E-state index is -1.57. The summed E-state index contributed by atoms with van der Waals surface area (Å²) in [6.45, 7) is 0. The fraction of sp³-hybridized carbons (Fsp3) is 0. The molecule has 0 aliphatic heterocycles. The maximum Gasteiger partial charge on any atom is 0.489 e. The van der Waals surface area contributed by atoms with Crippen molar-refractivity contribution in [2.45, 2.75) is 0 Å². The first-order valence-corrected chi connectivity index (χ1v) is 7.52. The number of rotatable bonds is 4. The van der Waals surface area contributed by atoms with Crippen molar-refractivity contribution in [2.24, 2.45) is 0 Å². The van der Waals surface area contributed by atoms with E-state index in [9.17, 15) is 9.59 Å². The summed E-state index contributed by atoms with van der Waals surface area (Å²) in [7, 11) is -1.57. The van der Waals surface area contributed by atoms with Crippen molar-refractivity contribution in [1.29, 1.82) is 0 Å². The van der Waals surface area contributed by atoms with Crippen molar-refractivity contribution in [3.8, 4) is 11.1 Å². The van der Waals surface area contributed by atoms with E-state index in [1.54, 1.807) is 30.6 Å². The molecule has 0 atom stereocenters. The Balaban J connectivity index is 0.000000186. The number of benzene rings is 2. The molecule has 0 fully saturated rings. The molecule has 0 saturated heterocycles. The number of aromatic nitrogens is 1. The Labute approximate surface area is 145 Å². The van der Waals surface area contributed by atoms with Crippen LogP contribution in [-0.4, -0.2) is 34.7 Å². The molecule has 1 aromatic heterocycles. The van der Waals surface area contributed by atoms with E-state index in [-0.39, 0.29) is 5.46 Å². The lowest BCUT2D eigenvalue weighted by molar-refractivity contribution is 0.111. The van der Waals surface area contributed by atoms with E-state index in [4.69, 9.17) is 10.0 Å². The van der Waals surface area contributed by atoms with Crippen LogP contribution in [0.25, 0.3) is 11.1 Å². The van der Waals surface area contributed by atoms with Gasteiger partial charge in [0.1, 0.15) is 6.29 Å². The van der Waals surface area contributed by atoms with Crippen molar-refractivity contribution in [1.82, 2.24) is 4.98 Å². The summed E-state index contributed by atoms with van der Waals surface area (Å²) in [6.07, 6.45) is 4.92. The Kier molecular flexibility index (Phi) is 6.77. The van der Waals surface area contributed by atoms with Crippen molar-refractivity contribution < 1.29 is 19.6 Å². The molecular weight excluding hydrogens is 317 g/mol. The molecule has 3 aromatic rings. The summed E-state index contributed by atoms with van der Waals surface area (Å²) in [5.74, 6) is 0. The van der Waals surface area contributed by atoms with E-state index in [1.807, 2.05) is 30.3 Å². The molecule has 25 heavy (non-hydrogen) atoms. The molecule has 0 radical (unpaired) electrons. The van der Waals surface area contributed by atoms with Crippen molar-refractivity contribution in [2.75, 3.05) is 0 Å². The van der Waals surface area contributed by atoms with Gasteiger partial charge in [-0.2, -0.15) is 0 Å². The zero-order chi connectivity index (χ0) is 18.1. The van der Waals surface area contributed by atoms with Gasteiger partial charge in [0.15, 0.2) is 6.29 Å². The highest BCUT2D eigenvalue weighted by atomic mass is 16.4. The average molecular weight is 333 g/mol. The number of hydrogen-bond donors (Lipinski definition) is 2. The number of aldehydes is 2. The molecule has 1 heterocycles. The van der Waals surface area contributed by atoms with Gasteiger partial charge in [-0.3, -0.25) is 14.6 Å². The molecule has 5 nitrogen and oxygen atoms in total. The molecule has 0 spiro atoms. The molecule has 3 rings (SSSR count). The molecule has 0 aliphatic carbocycles. The third-order valence-electron chi connectivity index (χ3n) is 3.46. The Morgan fingerprint density at radius 2 is 1.44 bits per heavy atom. The molecule has 0 unspecified atom stereocenters. The van der Waals surface area contributed by atoms with E-state index in [0.717, 1.165) is 17.4 Å². The largest absolute Gasteiger partial charge is 0.489 e. The van der Waals surface area contributed by atoms with Crippen molar-refractivity contribution >= 4 is 25.2 Å². The number of carbonyl (C=O) groups excluding carboxylic acids is 2. The Bertz CT molecular complexity index is 838. The van der Waals surface area contributed by atoms with Crippen LogP contribution in [0.3, 0.4) is 0 Å². The summed E-state index contributed by atoms with van der Waals surface area (Å²) in [5.41, 5.74) is 3.14. The third-order valence-corrected chi connectivity index (χ3v) is 3.46. The van der Waals surface area contributed by atoms with Gasteiger partial charge >= 0.3 is 7.12 Å². The number of carbonyl (C=O) groups is 2. The topological polar surface area (TPSA) is 87.5 Å². The van der Waals surface area contributed by atoms with Crippen molar-refractivity contribution in [3.63, 3.8) is 0 Å². The van der Waals surface area contributed by atoms with E-state index < -0.39 is 7.12 Å². The van der Waals surface area contributed by atoms with Gasteiger partial charge in [0.2, 0.25) is 0 Å². The molecule has 2 N–H and O–H groups in total. The van der Waals surface area contributed by atoms with Gasteiger partial charge in [0, 0.05) is 29.1 Å². The standard InChI is InChI=1S/C12H9NO.C7H7BO3/c14-9-11-4-1-2-6-12(11)10-5-3-7-13-8-10;9-5-6-3-1-2-4-7(6)8(10)11/h1-9H;1-5,10-11H. The van der Waals surface area contributed by atoms with E-state index in [0.29, 0.717) is 17.4 Å². The van der Waals surface area contributed by atoms with E-state index >= 15 is 0 Å². The van der Waals surface area contributed by atoms with Gasteiger partial charge in [-0.25, -0.2) is 0 Å². The number of hydrogen-bond acceptors (Lipinski definition) is 5. The average Bonchev–Trinajstić information content (AvgIpc) is 2.69. The lowest BCUT2D eigenvalue weighted by Gasteiger charge is -2.02. The second-order valence-electron chi connectivity index (χ2n) is 5.07. The van der Waals surface area contributed by atoms with Crippen LogP contribution in [0.1, 0.15) is 20.7 Å².